The molecule has 5 nitrogen and oxygen atoms in total. The van der Waals surface area contributed by atoms with Crippen molar-refractivity contribution in [2.24, 2.45) is 5.92 Å². The number of hydrogen-bond donors (Lipinski definition) is 0. The Hall–Kier alpha value is -1.62. The second-order valence-corrected chi connectivity index (χ2v) is 8.18. The van der Waals surface area contributed by atoms with Crippen LogP contribution in [0.4, 0.5) is 0 Å². The summed E-state index contributed by atoms with van der Waals surface area (Å²) in [5.41, 5.74) is 2.42. The number of nitrogens with zero attached hydrogens (tertiary/aromatic N) is 4. The molecule has 1 atom stereocenters. The summed E-state index contributed by atoms with van der Waals surface area (Å²) in [6, 6.07) is 2.25. The zero-order valence-corrected chi connectivity index (χ0v) is 15.9. The Bertz CT molecular complexity index is 644. The van der Waals surface area contributed by atoms with Crippen LogP contribution >= 0.6 is 0 Å². The van der Waals surface area contributed by atoms with E-state index in [1.165, 1.54) is 44.5 Å². The molecular formula is C21H32N4O. The number of rotatable bonds is 5. The average molecular weight is 357 g/mol. The average Bonchev–Trinajstić information content (AvgIpc) is 3.28. The van der Waals surface area contributed by atoms with Crippen LogP contribution in [0.15, 0.2) is 18.2 Å². The van der Waals surface area contributed by atoms with Crippen molar-refractivity contribution in [1.29, 1.82) is 0 Å². The van der Waals surface area contributed by atoms with Gasteiger partial charge >= 0.3 is 0 Å². The fourth-order valence-electron chi connectivity index (χ4n) is 4.61. The standard InChI is InChI=1S/C21H32N4O/c26-21(24-12-4-5-13-24)10-9-19-15-20-17-23(11-6-14-25(20)22-19)16-18-7-2-1-3-8-18/h1-2,15,18H,3-14,16-17H2/t18-/m1/s1. The Morgan fingerprint density at radius 2 is 2.00 bits per heavy atom. The third-order valence-corrected chi connectivity index (χ3v) is 6.09. The van der Waals surface area contributed by atoms with Crippen LogP contribution in [-0.4, -0.2) is 51.7 Å². The molecule has 1 fully saturated rings. The molecule has 0 bridgehead atoms. The van der Waals surface area contributed by atoms with Gasteiger partial charge in [0.15, 0.2) is 0 Å². The minimum Gasteiger partial charge on any atom is -0.343 e. The van der Waals surface area contributed by atoms with Gasteiger partial charge in [0.2, 0.25) is 5.91 Å². The van der Waals surface area contributed by atoms with Gasteiger partial charge < -0.3 is 4.90 Å². The molecule has 5 heteroatoms. The lowest BCUT2D eigenvalue weighted by atomic mass is 9.94. The van der Waals surface area contributed by atoms with Crippen molar-refractivity contribution in [3.05, 3.63) is 29.6 Å². The number of aryl methyl sites for hydroxylation is 2. The zero-order valence-electron chi connectivity index (χ0n) is 15.9. The molecule has 0 aromatic carbocycles. The lowest BCUT2D eigenvalue weighted by Gasteiger charge is -2.26. The van der Waals surface area contributed by atoms with E-state index in [1.54, 1.807) is 0 Å². The van der Waals surface area contributed by atoms with E-state index in [2.05, 4.69) is 27.8 Å². The highest BCUT2D eigenvalue weighted by Gasteiger charge is 2.21. The first-order valence-corrected chi connectivity index (χ1v) is 10.5. The topological polar surface area (TPSA) is 41.4 Å². The molecule has 0 saturated carbocycles. The largest absolute Gasteiger partial charge is 0.343 e. The van der Waals surface area contributed by atoms with Crippen molar-refractivity contribution in [3.8, 4) is 0 Å². The first-order valence-electron chi connectivity index (χ1n) is 10.5. The molecule has 2 aliphatic heterocycles. The van der Waals surface area contributed by atoms with Crippen molar-refractivity contribution < 1.29 is 4.79 Å². The number of likely N-dealkylation sites (tertiary alicyclic amines) is 1. The van der Waals surface area contributed by atoms with E-state index in [0.29, 0.717) is 12.3 Å². The maximum Gasteiger partial charge on any atom is 0.222 e. The summed E-state index contributed by atoms with van der Waals surface area (Å²) in [7, 11) is 0. The van der Waals surface area contributed by atoms with Gasteiger partial charge in [0.1, 0.15) is 0 Å². The van der Waals surface area contributed by atoms with Gasteiger partial charge in [-0.05, 0) is 50.5 Å². The van der Waals surface area contributed by atoms with E-state index < -0.39 is 0 Å². The van der Waals surface area contributed by atoms with Crippen molar-refractivity contribution in [2.75, 3.05) is 26.2 Å². The Labute approximate surface area is 157 Å². The van der Waals surface area contributed by atoms with Crippen LogP contribution in [0.25, 0.3) is 0 Å². The number of allylic oxidation sites excluding steroid dienone is 2. The van der Waals surface area contributed by atoms with Gasteiger partial charge in [-0.25, -0.2) is 0 Å². The predicted molar refractivity (Wildman–Crippen MR) is 103 cm³/mol. The van der Waals surface area contributed by atoms with Crippen molar-refractivity contribution >= 4 is 5.91 Å². The molecule has 142 valence electrons. The number of hydrogen-bond acceptors (Lipinski definition) is 3. The molecule has 3 heterocycles. The highest BCUT2D eigenvalue weighted by molar-refractivity contribution is 5.76. The van der Waals surface area contributed by atoms with E-state index in [-0.39, 0.29) is 0 Å². The van der Waals surface area contributed by atoms with Crippen LogP contribution < -0.4 is 0 Å². The Morgan fingerprint density at radius 1 is 1.12 bits per heavy atom. The zero-order chi connectivity index (χ0) is 17.8. The maximum atomic E-state index is 12.3. The van der Waals surface area contributed by atoms with Crippen LogP contribution in [0.1, 0.15) is 56.3 Å². The molecule has 0 radical (unpaired) electrons. The second kappa shape index (κ2) is 8.38. The lowest BCUT2D eigenvalue weighted by Crippen LogP contribution is -2.29. The SMILES string of the molecule is O=C(CCc1cc2n(n1)CCCN(C[C@@H]1CC=CCC1)C2)N1CCCC1. The quantitative estimate of drug-likeness (QED) is 0.762. The Morgan fingerprint density at radius 3 is 2.81 bits per heavy atom. The number of carbonyl (C=O) groups is 1. The lowest BCUT2D eigenvalue weighted by molar-refractivity contribution is -0.130. The molecule has 4 rings (SSSR count). The molecule has 1 amide bonds. The van der Waals surface area contributed by atoms with Crippen LogP contribution in [0.3, 0.4) is 0 Å². The molecule has 0 unspecified atom stereocenters. The summed E-state index contributed by atoms with van der Waals surface area (Å²) >= 11 is 0. The number of aromatic nitrogens is 2. The molecule has 1 saturated heterocycles. The first kappa shape index (κ1) is 17.8. The predicted octanol–water partition coefficient (Wildman–Crippen LogP) is 3.00. The Kier molecular flexibility index (Phi) is 5.73. The van der Waals surface area contributed by atoms with Crippen molar-refractivity contribution in [1.82, 2.24) is 19.6 Å². The minimum atomic E-state index is 0.303. The van der Waals surface area contributed by atoms with Crippen molar-refractivity contribution in [3.63, 3.8) is 0 Å². The van der Waals surface area contributed by atoms with Crippen molar-refractivity contribution in [2.45, 2.75) is 64.5 Å². The molecule has 1 aliphatic carbocycles. The van der Waals surface area contributed by atoms with Crippen LogP contribution in [0, 0.1) is 5.92 Å². The van der Waals surface area contributed by atoms with Gasteiger partial charge in [0.05, 0.1) is 11.4 Å². The molecule has 0 N–H and O–H groups in total. The summed E-state index contributed by atoms with van der Waals surface area (Å²) in [6.45, 7) is 6.29. The van der Waals surface area contributed by atoms with Crippen LogP contribution in [0.2, 0.25) is 0 Å². The van der Waals surface area contributed by atoms with Gasteiger partial charge in [-0.1, -0.05) is 12.2 Å². The second-order valence-electron chi connectivity index (χ2n) is 8.18. The van der Waals surface area contributed by atoms with E-state index in [4.69, 9.17) is 5.10 Å². The normalized spacial score (nSPS) is 23.8. The summed E-state index contributed by atoms with van der Waals surface area (Å²) in [6.07, 6.45) is 13.4. The third kappa shape index (κ3) is 4.37. The molecule has 0 spiro atoms. The van der Waals surface area contributed by atoms with Gasteiger partial charge in [0, 0.05) is 52.1 Å². The fourth-order valence-corrected chi connectivity index (χ4v) is 4.61. The fraction of sp³-hybridized carbons (Fsp3) is 0.714. The highest BCUT2D eigenvalue weighted by atomic mass is 16.2. The molecule has 26 heavy (non-hydrogen) atoms. The summed E-state index contributed by atoms with van der Waals surface area (Å²) < 4.78 is 2.19. The summed E-state index contributed by atoms with van der Waals surface area (Å²) in [5.74, 6) is 1.12. The van der Waals surface area contributed by atoms with E-state index >= 15 is 0 Å². The monoisotopic (exact) mass is 356 g/mol. The summed E-state index contributed by atoms with van der Waals surface area (Å²) in [5, 5.41) is 4.80. The number of fused-ring (bicyclic) bond motifs is 1. The molecule has 3 aliphatic rings. The smallest absolute Gasteiger partial charge is 0.222 e. The highest BCUT2D eigenvalue weighted by Crippen LogP contribution is 2.22. The molecular weight excluding hydrogens is 324 g/mol. The number of carbonyl (C=O) groups excluding carboxylic acids is 1. The van der Waals surface area contributed by atoms with Gasteiger partial charge in [0.25, 0.3) is 0 Å². The van der Waals surface area contributed by atoms with Gasteiger partial charge in [-0.15, -0.1) is 0 Å². The summed E-state index contributed by atoms with van der Waals surface area (Å²) in [4.78, 5) is 16.9. The maximum absolute atomic E-state index is 12.3. The van der Waals surface area contributed by atoms with E-state index in [1.807, 2.05) is 4.90 Å². The number of amides is 1. The molecule has 1 aromatic heterocycles. The molecule has 1 aromatic rings. The Balaban J connectivity index is 1.32. The van der Waals surface area contributed by atoms with Gasteiger partial charge in [-0.2, -0.15) is 5.10 Å². The van der Waals surface area contributed by atoms with Crippen LogP contribution in [0.5, 0.6) is 0 Å². The third-order valence-electron chi connectivity index (χ3n) is 6.09. The van der Waals surface area contributed by atoms with Crippen LogP contribution in [-0.2, 0) is 24.3 Å². The van der Waals surface area contributed by atoms with Gasteiger partial charge in [-0.3, -0.25) is 14.4 Å². The van der Waals surface area contributed by atoms with E-state index in [0.717, 1.165) is 57.1 Å². The van der Waals surface area contributed by atoms with E-state index in [9.17, 15) is 4.79 Å². The minimum absolute atomic E-state index is 0.303. The first-order chi connectivity index (χ1) is 12.8.